The van der Waals surface area contributed by atoms with Crippen molar-refractivity contribution >= 4 is 22.3 Å². The van der Waals surface area contributed by atoms with Gasteiger partial charge in [-0.05, 0) is 36.4 Å². The molecular weight excluding hydrogens is 227 g/mol. The Morgan fingerprint density at radius 1 is 0.889 bits per heavy atom. The number of pyridine rings is 1. The molecule has 18 heavy (non-hydrogen) atoms. The molecule has 0 aliphatic rings. The monoisotopic (exact) mass is 238 g/mol. The van der Waals surface area contributed by atoms with Gasteiger partial charge in [0.25, 0.3) is 0 Å². The lowest BCUT2D eigenvalue weighted by Gasteiger charge is -2.08. The average molecular weight is 238 g/mol. The summed E-state index contributed by atoms with van der Waals surface area (Å²) in [7, 11) is 0. The highest BCUT2D eigenvalue weighted by molar-refractivity contribution is 5.91. The number of benzene rings is 2. The summed E-state index contributed by atoms with van der Waals surface area (Å²) < 4.78 is 12.8. The first-order valence-corrected chi connectivity index (χ1v) is 5.69. The Morgan fingerprint density at radius 3 is 2.50 bits per heavy atom. The van der Waals surface area contributed by atoms with E-state index in [9.17, 15) is 4.39 Å². The van der Waals surface area contributed by atoms with Crippen LogP contribution in [0.3, 0.4) is 0 Å². The number of nitrogens with zero attached hydrogens (tertiary/aromatic N) is 1. The van der Waals surface area contributed by atoms with Gasteiger partial charge in [0.15, 0.2) is 0 Å². The molecule has 2 aromatic carbocycles. The van der Waals surface area contributed by atoms with Crippen molar-refractivity contribution in [2.75, 3.05) is 5.32 Å². The van der Waals surface area contributed by atoms with Crippen LogP contribution in [0.25, 0.3) is 10.9 Å². The molecule has 0 amide bonds. The van der Waals surface area contributed by atoms with Crippen LogP contribution in [-0.4, -0.2) is 4.98 Å². The number of fused-ring (bicyclic) bond motifs is 1. The van der Waals surface area contributed by atoms with E-state index in [0.29, 0.717) is 0 Å². The molecule has 0 atom stereocenters. The number of hydrogen-bond acceptors (Lipinski definition) is 2. The topological polar surface area (TPSA) is 24.9 Å². The van der Waals surface area contributed by atoms with Gasteiger partial charge in [0, 0.05) is 17.3 Å². The Labute approximate surface area is 104 Å². The molecule has 0 fully saturated rings. The fourth-order valence-corrected chi connectivity index (χ4v) is 1.89. The molecular formula is C15H11FN2. The molecule has 88 valence electrons. The molecule has 0 unspecified atom stereocenters. The fourth-order valence-electron chi connectivity index (χ4n) is 1.89. The predicted octanol–water partition coefficient (Wildman–Crippen LogP) is 4.12. The van der Waals surface area contributed by atoms with Crippen LogP contribution >= 0.6 is 0 Å². The SMILES string of the molecule is Fc1ccc(Nc2cccc3cccnc23)cc1. The third-order valence-electron chi connectivity index (χ3n) is 2.76. The normalized spacial score (nSPS) is 10.5. The molecule has 0 radical (unpaired) electrons. The maximum Gasteiger partial charge on any atom is 0.123 e. The molecule has 0 spiro atoms. The van der Waals surface area contributed by atoms with Crippen LogP contribution in [0.2, 0.25) is 0 Å². The first kappa shape index (κ1) is 10.7. The van der Waals surface area contributed by atoms with Crippen LogP contribution in [-0.2, 0) is 0 Å². The van der Waals surface area contributed by atoms with Crippen LogP contribution in [0.4, 0.5) is 15.8 Å². The van der Waals surface area contributed by atoms with Gasteiger partial charge in [-0.3, -0.25) is 4.98 Å². The summed E-state index contributed by atoms with van der Waals surface area (Å²) in [6, 6.07) is 16.1. The number of para-hydroxylation sites is 1. The molecule has 0 saturated heterocycles. The second-order valence-corrected chi connectivity index (χ2v) is 4.01. The van der Waals surface area contributed by atoms with E-state index in [1.54, 1.807) is 18.3 Å². The lowest BCUT2D eigenvalue weighted by Crippen LogP contribution is -1.92. The molecule has 3 rings (SSSR count). The van der Waals surface area contributed by atoms with Crippen molar-refractivity contribution < 1.29 is 4.39 Å². The van der Waals surface area contributed by atoms with Gasteiger partial charge in [0.05, 0.1) is 11.2 Å². The van der Waals surface area contributed by atoms with E-state index < -0.39 is 0 Å². The smallest absolute Gasteiger partial charge is 0.123 e. The van der Waals surface area contributed by atoms with Crippen LogP contribution < -0.4 is 5.32 Å². The molecule has 2 nitrogen and oxygen atoms in total. The number of nitrogens with one attached hydrogen (secondary N) is 1. The minimum atomic E-state index is -0.239. The predicted molar refractivity (Wildman–Crippen MR) is 71.4 cm³/mol. The Morgan fingerprint density at radius 2 is 1.67 bits per heavy atom. The second kappa shape index (κ2) is 4.45. The molecule has 3 heteroatoms. The fraction of sp³-hybridized carbons (Fsp3) is 0. The lowest BCUT2D eigenvalue weighted by molar-refractivity contribution is 0.628. The van der Waals surface area contributed by atoms with Crippen LogP contribution in [0, 0.1) is 5.82 Å². The maximum atomic E-state index is 12.8. The van der Waals surface area contributed by atoms with E-state index in [1.807, 2.05) is 30.3 Å². The van der Waals surface area contributed by atoms with Crippen LogP contribution in [0.15, 0.2) is 60.8 Å². The maximum absolute atomic E-state index is 12.8. The zero-order chi connectivity index (χ0) is 12.4. The number of rotatable bonds is 2. The van der Waals surface area contributed by atoms with Gasteiger partial charge in [-0.2, -0.15) is 0 Å². The molecule has 0 aliphatic carbocycles. The minimum Gasteiger partial charge on any atom is -0.354 e. The summed E-state index contributed by atoms with van der Waals surface area (Å²) in [5.74, 6) is -0.239. The molecule has 1 aromatic heterocycles. The van der Waals surface area contributed by atoms with Gasteiger partial charge < -0.3 is 5.32 Å². The largest absolute Gasteiger partial charge is 0.354 e. The van der Waals surface area contributed by atoms with Crippen LogP contribution in [0.5, 0.6) is 0 Å². The quantitative estimate of drug-likeness (QED) is 0.726. The first-order chi connectivity index (χ1) is 8.83. The summed E-state index contributed by atoms with van der Waals surface area (Å²) in [5, 5.41) is 4.32. The zero-order valence-corrected chi connectivity index (χ0v) is 9.60. The van der Waals surface area contributed by atoms with Gasteiger partial charge in [-0.15, -0.1) is 0 Å². The second-order valence-electron chi connectivity index (χ2n) is 4.01. The van der Waals surface area contributed by atoms with Gasteiger partial charge in [-0.25, -0.2) is 4.39 Å². The summed E-state index contributed by atoms with van der Waals surface area (Å²) in [4.78, 5) is 4.36. The molecule has 1 heterocycles. The summed E-state index contributed by atoms with van der Waals surface area (Å²) >= 11 is 0. The molecule has 0 aliphatic heterocycles. The number of aromatic nitrogens is 1. The summed E-state index contributed by atoms with van der Waals surface area (Å²) in [6.07, 6.45) is 1.76. The molecule has 1 N–H and O–H groups in total. The number of anilines is 2. The Kier molecular flexibility index (Phi) is 2.65. The van der Waals surface area contributed by atoms with E-state index in [-0.39, 0.29) is 5.82 Å². The van der Waals surface area contributed by atoms with E-state index >= 15 is 0 Å². The minimum absolute atomic E-state index is 0.239. The molecule has 0 saturated carbocycles. The average Bonchev–Trinajstić information content (AvgIpc) is 2.42. The highest BCUT2D eigenvalue weighted by Crippen LogP contribution is 2.24. The third kappa shape index (κ3) is 2.02. The van der Waals surface area contributed by atoms with Crippen molar-refractivity contribution in [3.05, 3.63) is 66.6 Å². The van der Waals surface area contributed by atoms with Crippen molar-refractivity contribution in [2.45, 2.75) is 0 Å². The van der Waals surface area contributed by atoms with Crippen molar-refractivity contribution in [1.29, 1.82) is 0 Å². The zero-order valence-electron chi connectivity index (χ0n) is 9.60. The van der Waals surface area contributed by atoms with E-state index in [0.717, 1.165) is 22.3 Å². The summed E-state index contributed by atoms with van der Waals surface area (Å²) in [6.45, 7) is 0. The third-order valence-corrected chi connectivity index (χ3v) is 2.76. The highest BCUT2D eigenvalue weighted by atomic mass is 19.1. The van der Waals surface area contributed by atoms with Crippen molar-refractivity contribution in [1.82, 2.24) is 4.98 Å². The Bertz CT molecular complexity index is 672. The van der Waals surface area contributed by atoms with Crippen molar-refractivity contribution in [2.24, 2.45) is 0 Å². The number of hydrogen-bond donors (Lipinski definition) is 1. The van der Waals surface area contributed by atoms with Crippen LogP contribution in [0.1, 0.15) is 0 Å². The van der Waals surface area contributed by atoms with Gasteiger partial charge >= 0.3 is 0 Å². The van der Waals surface area contributed by atoms with Crippen molar-refractivity contribution in [3.63, 3.8) is 0 Å². The Balaban J connectivity index is 2.02. The number of halogens is 1. The standard InChI is InChI=1S/C15H11FN2/c16-12-6-8-13(9-7-12)18-14-5-1-3-11-4-2-10-17-15(11)14/h1-10,18H. The lowest BCUT2D eigenvalue weighted by atomic mass is 10.2. The van der Waals surface area contributed by atoms with E-state index in [2.05, 4.69) is 10.3 Å². The van der Waals surface area contributed by atoms with Gasteiger partial charge in [0.2, 0.25) is 0 Å². The van der Waals surface area contributed by atoms with E-state index in [4.69, 9.17) is 0 Å². The summed E-state index contributed by atoms with van der Waals surface area (Å²) in [5.41, 5.74) is 2.67. The highest BCUT2D eigenvalue weighted by Gasteiger charge is 2.01. The van der Waals surface area contributed by atoms with Crippen molar-refractivity contribution in [3.8, 4) is 0 Å². The Hall–Kier alpha value is -2.42. The molecule has 3 aromatic rings. The molecule has 0 bridgehead atoms. The van der Waals surface area contributed by atoms with Gasteiger partial charge in [0.1, 0.15) is 5.82 Å². The van der Waals surface area contributed by atoms with Gasteiger partial charge in [-0.1, -0.05) is 18.2 Å². The first-order valence-electron chi connectivity index (χ1n) is 5.69. The van der Waals surface area contributed by atoms with E-state index in [1.165, 1.54) is 12.1 Å².